The summed E-state index contributed by atoms with van der Waals surface area (Å²) in [5, 5.41) is 16.7. The van der Waals surface area contributed by atoms with E-state index in [0.717, 1.165) is 19.3 Å². The fourth-order valence-electron chi connectivity index (χ4n) is 2.21. The minimum absolute atomic E-state index is 0. The number of amides is 1. The molecule has 0 radical (unpaired) electrons. The van der Waals surface area contributed by atoms with Crippen LogP contribution in [0.25, 0.3) is 0 Å². The highest BCUT2D eigenvalue weighted by atomic mass is 35.5. The van der Waals surface area contributed by atoms with Crippen LogP contribution in [-0.4, -0.2) is 45.3 Å². The number of nitrogens with two attached hydrogens (primary N) is 1. The Labute approximate surface area is 123 Å². The van der Waals surface area contributed by atoms with E-state index in [1.165, 1.54) is 0 Å². The van der Waals surface area contributed by atoms with Crippen LogP contribution in [0.3, 0.4) is 0 Å². The number of nitrogens with one attached hydrogen (secondary N) is 2. The van der Waals surface area contributed by atoms with Crippen molar-refractivity contribution >= 4 is 18.3 Å². The molecule has 8 nitrogen and oxygen atoms in total. The van der Waals surface area contributed by atoms with Crippen molar-refractivity contribution in [1.82, 2.24) is 25.9 Å². The smallest absolute Gasteiger partial charge is 0.249 e. The van der Waals surface area contributed by atoms with Crippen LogP contribution in [0, 0.1) is 0 Å². The van der Waals surface area contributed by atoms with E-state index in [2.05, 4.69) is 25.9 Å². The quantitative estimate of drug-likeness (QED) is 0.685. The van der Waals surface area contributed by atoms with Gasteiger partial charge in [-0.1, -0.05) is 18.6 Å². The molecule has 0 saturated carbocycles. The zero-order valence-electron chi connectivity index (χ0n) is 11.4. The van der Waals surface area contributed by atoms with Crippen LogP contribution in [0.2, 0.25) is 0 Å². The van der Waals surface area contributed by atoms with E-state index in [0.29, 0.717) is 18.8 Å². The fourth-order valence-corrected chi connectivity index (χ4v) is 2.21. The Balaban J connectivity index is 0.00000200. The van der Waals surface area contributed by atoms with Gasteiger partial charge in [0.1, 0.15) is 6.10 Å². The first-order chi connectivity index (χ1) is 9.24. The minimum Gasteiger partial charge on any atom is -0.364 e. The first-order valence-corrected chi connectivity index (χ1v) is 6.63. The Kier molecular flexibility index (Phi) is 6.83. The van der Waals surface area contributed by atoms with E-state index >= 15 is 0 Å². The molecule has 2 heterocycles. The third-order valence-electron chi connectivity index (χ3n) is 3.23. The molecule has 20 heavy (non-hydrogen) atoms. The maximum absolute atomic E-state index is 12.1. The van der Waals surface area contributed by atoms with Crippen molar-refractivity contribution in [3.63, 3.8) is 0 Å². The SMILES string of the molecule is CCCC(NC(=O)[C@@H]1CC[C@H](CN)O1)c1nn[nH]n1.Cl. The van der Waals surface area contributed by atoms with Gasteiger partial charge in [-0.15, -0.1) is 22.6 Å². The number of carbonyl (C=O) groups is 1. The fraction of sp³-hybridized carbons (Fsp3) is 0.818. The predicted molar refractivity (Wildman–Crippen MR) is 74.2 cm³/mol. The van der Waals surface area contributed by atoms with E-state index in [1.54, 1.807) is 0 Å². The van der Waals surface area contributed by atoms with Gasteiger partial charge in [0.15, 0.2) is 5.82 Å². The molecule has 1 unspecified atom stereocenters. The summed E-state index contributed by atoms with van der Waals surface area (Å²) >= 11 is 0. The number of aromatic nitrogens is 4. The van der Waals surface area contributed by atoms with Crippen molar-refractivity contribution in [2.45, 2.75) is 50.9 Å². The highest BCUT2D eigenvalue weighted by Crippen LogP contribution is 2.21. The third kappa shape index (κ3) is 4.12. The van der Waals surface area contributed by atoms with Crippen LogP contribution < -0.4 is 11.1 Å². The van der Waals surface area contributed by atoms with Crippen molar-refractivity contribution in [3.05, 3.63) is 5.82 Å². The molecule has 2 rings (SSSR count). The Bertz CT molecular complexity index is 402. The summed E-state index contributed by atoms with van der Waals surface area (Å²) < 4.78 is 5.57. The molecule has 0 aliphatic carbocycles. The van der Waals surface area contributed by atoms with Gasteiger partial charge < -0.3 is 15.8 Å². The van der Waals surface area contributed by atoms with Crippen LogP contribution in [0.5, 0.6) is 0 Å². The second kappa shape index (κ2) is 8.13. The molecule has 3 atom stereocenters. The van der Waals surface area contributed by atoms with E-state index in [9.17, 15) is 4.79 Å². The highest BCUT2D eigenvalue weighted by Gasteiger charge is 2.31. The predicted octanol–water partition coefficient (Wildman–Crippen LogP) is 0.0852. The maximum Gasteiger partial charge on any atom is 0.249 e. The summed E-state index contributed by atoms with van der Waals surface area (Å²) in [7, 11) is 0. The zero-order valence-corrected chi connectivity index (χ0v) is 12.2. The molecule has 0 aromatic carbocycles. The first-order valence-electron chi connectivity index (χ1n) is 6.63. The monoisotopic (exact) mass is 304 g/mol. The van der Waals surface area contributed by atoms with Gasteiger partial charge in [-0.3, -0.25) is 4.79 Å². The van der Waals surface area contributed by atoms with E-state index in [1.807, 2.05) is 6.92 Å². The first kappa shape index (κ1) is 16.8. The number of rotatable bonds is 6. The van der Waals surface area contributed by atoms with E-state index in [4.69, 9.17) is 10.5 Å². The number of hydrogen-bond donors (Lipinski definition) is 3. The highest BCUT2D eigenvalue weighted by molar-refractivity contribution is 5.85. The number of nitrogens with zero attached hydrogens (tertiary/aromatic N) is 3. The number of hydrogen-bond acceptors (Lipinski definition) is 6. The van der Waals surface area contributed by atoms with E-state index < -0.39 is 6.10 Å². The maximum atomic E-state index is 12.1. The second-order valence-electron chi connectivity index (χ2n) is 4.68. The van der Waals surface area contributed by atoms with Crippen LogP contribution >= 0.6 is 12.4 Å². The molecule has 1 aliphatic heterocycles. The van der Waals surface area contributed by atoms with Crippen molar-refractivity contribution in [2.75, 3.05) is 6.54 Å². The van der Waals surface area contributed by atoms with Crippen molar-refractivity contribution < 1.29 is 9.53 Å². The van der Waals surface area contributed by atoms with Crippen molar-refractivity contribution in [3.8, 4) is 0 Å². The molecule has 4 N–H and O–H groups in total. The summed E-state index contributed by atoms with van der Waals surface area (Å²) in [5.41, 5.74) is 5.53. The molecule has 0 spiro atoms. The number of tetrazole rings is 1. The topological polar surface area (TPSA) is 119 Å². The lowest BCUT2D eigenvalue weighted by Crippen LogP contribution is -2.38. The largest absolute Gasteiger partial charge is 0.364 e. The molecule has 1 aromatic rings. The van der Waals surface area contributed by atoms with Crippen molar-refractivity contribution in [1.29, 1.82) is 0 Å². The molecule has 0 bridgehead atoms. The number of carbonyl (C=O) groups excluding carboxylic acids is 1. The normalized spacial score (nSPS) is 23.1. The van der Waals surface area contributed by atoms with Crippen molar-refractivity contribution in [2.24, 2.45) is 5.73 Å². The molecule has 9 heteroatoms. The summed E-state index contributed by atoms with van der Waals surface area (Å²) in [4.78, 5) is 12.1. The van der Waals surface area contributed by atoms with Gasteiger partial charge in [0.25, 0.3) is 0 Å². The second-order valence-corrected chi connectivity index (χ2v) is 4.68. The van der Waals surface area contributed by atoms with Crippen LogP contribution in [0.15, 0.2) is 0 Å². The van der Waals surface area contributed by atoms with E-state index in [-0.39, 0.29) is 30.5 Å². The lowest BCUT2D eigenvalue weighted by molar-refractivity contribution is -0.132. The lowest BCUT2D eigenvalue weighted by Gasteiger charge is -2.18. The molecular formula is C11H21ClN6O2. The number of halogens is 1. The molecule has 1 aliphatic rings. The molecule has 1 amide bonds. The number of aromatic amines is 1. The summed E-state index contributed by atoms with van der Waals surface area (Å²) in [5.74, 6) is 0.378. The van der Waals surface area contributed by atoms with Gasteiger partial charge >= 0.3 is 0 Å². The molecule has 1 saturated heterocycles. The Morgan fingerprint density at radius 2 is 2.40 bits per heavy atom. The zero-order chi connectivity index (χ0) is 13.7. The Morgan fingerprint density at radius 1 is 1.60 bits per heavy atom. The summed E-state index contributed by atoms with van der Waals surface area (Å²) in [6.07, 6.45) is 2.79. The number of H-pyrrole nitrogens is 1. The molecule has 1 aromatic heterocycles. The molecule has 114 valence electrons. The third-order valence-corrected chi connectivity index (χ3v) is 3.23. The molecule has 1 fully saturated rings. The summed E-state index contributed by atoms with van der Waals surface area (Å²) in [6.45, 7) is 2.49. The van der Waals surface area contributed by atoms with Crippen LogP contribution in [0.4, 0.5) is 0 Å². The van der Waals surface area contributed by atoms with Gasteiger partial charge in [-0.2, -0.15) is 5.21 Å². The lowest BCUT2D eigenvalue weighted by atomic mass is 10.1. The Morgan fingerprint density at radius 3 is 2.95 bits per heavy atom. The minimum atomic E-state index is -0.417. The van der Waals surface area contributed by atoms with Gasteiger partial charge in [-0.05, 0) is 19.3 Å². The standard InChI is InChI=1S/C11H20N6O2.ClH/c1-2-3-8(10-14-16-17-15-10)13-11(18)9-5-4-7(6-12)19-9;/h7-9H,2-6,12H2,1H3,(H,13,18)(H,14,15,16,17);1H/t7-,8?,9+;/m1./s1. The summed E-state index contributed by atoms with van der Waals surface area (Å²) in [6, 6.07) is -0.225. The number of ether oxygens (including phenoxy) is 1. The van der Waals surface area contributed by atoms with Crippen LogP contribution in [0.1, 0.15) is 44.5 Å². The average Bonchev–Trinajstić information content (AvgIpc) is 3.09. The van der Waals surface area contributed by atoms with Gasteiger partial charge in [0.05, 0.1) is 12.1 Å². The average molecular weight is 305 g/mol. The molecular weight excluding hydrogens is 284 g/mol. The van der Waals surface area contributed by atoms with Gasteiger partial charge in [0, 0.05) is 6.54 Å². The van der Waals surface area contributed by atoms with Gasteiger partial charge in [0.2, 0.25) is 5.91 Å². The van der Waals surface area contributed by atoms with Crippen LogP contribution in [-0.2, 0) is 9.53 Å². The Hall–Kier alpha value is -1.25. The van der Waals surface area contributed by atoms with Gasteiger partial charge in [-0.25, -0.2) is 0 Å².